The van der Waals surface area contributed by atoms with Gasteiger partial charge in [0, 0.05) is 15.2 Å². The van der Waals surface area contributed by atoms with Crippen LogP contribution in [0.5, 0.6) is 0 Å². The predicted octanol–water partition coefficient (Wildman–Crippen LogP) is 10.0. The van der Waals surface area contributed by atoms with Crippen molar-refractivity contribution in [3.8, 4) is 10.4 Å². The zero-order chi connectivity index (χ0) is 26.0. The van der Waals surface area contributed by atoms with Crippen molar-refractivity contribution in [2.45, 2.75) is 61.2 Å². The summed E-state index contributed by atoms with van der Waals surface area (Å²) < 4.78 is 0. The minimum atomic E-state index is 0.202. The molecule has 0 nitrogen and oxygen atoms in total. The molecule has 1 heterocycles. The maximum atomic E-state index is 2.57. The monoisotopic (exact) mass is 524 g/mol. The van der Waals surface area contributed by atoms with Crippen LogP contribution in [0, 0.1) is 11.3 Å². The van der Waals surface area contributed by atoms with Crippen LogP contribution in [0.3, 0.4) is 0 Å². The summed E-state index contributed by atoms with van der Waals surface area (Å²) in [5.74, 6) is 0.613. The number of allylic oxidation sites excluding steroid dienone is 4. The van der Waals surface area contributed by atoms with Crippen molar-refractivity contribution < 1.29 is 0 Å². The highest BCUT2D eigenvalue weighted by atomic mass is 32.1. The molecule has 0 aliphatic heterocycles. The Balaban J connectivity index is 1.35. The topological polar surface area (TPSA) is 0 Å². The molecule has 0 spiro atoms. The van der Waals surface area contributed by atoms with Gasteiger partial charge >= 0.3 is 0 Å². The van der Waals surface area contributed by atoms with E-state index in [2.05, 4.69) is 139 Å². The maximum absolute atomic E-state index is 2.57. The van der Waals surface area contributed by atoms with Crippen molar-refractivity contribution in [2.24, 2.45) is 11.3 Å². The molecular weight excluding hydrogens is 488 g/mol. The highest BCUT2D eigenvalue weighted by Gasteiger charge is 2.70. The van der Waals surface area contributed by atoms with Crippen molar-refractivity contribution in [3.63, 3.8) is 0 Å². The molecule has 4 bridgehead atoms. The number of hydrogen-bond donors (Lipinski definition) is 0. The van der Waals surface area contributed by atoms with Gasteiger partial charge in [-0.3, -0.25) is 0 Å². The van der Waals surface area contributed by atoms with Crippen LogP contribution in [0.1, 0.15) is 60.9 Å². The van der Waals surface area contributed by atoms with E-state index in [1.54, 1.807) is 16.0 Å². The van der Waals surface area contributed by atoms with Crippen LogP contribution in [-0.4, -0.2) is 0 Å². The zero-order valence-corrected chi connectivity index (χ0v) is 23.4. The summed E-state index contributed by atoms with van der Waals surface area (Å²) in [6, 6.07) is 39.3. The molecule has 9 rings (SSSR count). The first-order chi connectivity index (χ1) is 19.1. The van der Waals surface area contributed by atoms with E-state index < -0.39 is 0 Å². The molecule has 5 aliphatic carbocycles. The van der Waals surface area contributed by atoms with E-state index in [0.717, 1.165) is 0 Å². The van der Waals surface area contributed by atoms with E-state index in [4.69, 9.17) is 0 Å². The first-order valence-corrected chi connectivity index (χ1v) is 15.5. The Labute approximate surface area is 237 Å². The molecule has 3 atom stereocenters. The van der Waals surface area contributed by atoms with Crippen LogP contribution in [0.15, 0.2) is 127 Å². The molecule has 1 aromatic heterocycles. The Morgan fingerprint density at radius 3 is 1.69 bits per heavy atom. The Morgan fingerprint density at radius 1 is 0.538 bits per heavy atom. The first kappa shape index (κ1) is 23.7. The molecule has 4 aromatic rings. The lowest BCUT2D eigenvalue weighted by Crippen LogP contribution is -2.67. The number of rotatable bonds is 5. The quantitative estimate of drug-likeness (QED) is 0.244. The van der Waals surface area contributed by atoms with Gasteiger partial charge in [-0.25, -0.2) is 0 Å². The van der Waals surface area contributed by atoms with Crippen molar-refractivity contribution in [3.05, 3.63) is 143 Å². The Bertz CT molecular complexity index is 1480. The SMILES string of the molecule is C1=CCC(C23CC4(c5ccccc5)CC(c5ccccc5)(CC(c5ccc(-c6ccccc6)s5)(C4)C2)C3)C=C1. The van der Waals surface area contributed by atoms with E-state index in [0.29, 0.717) is 11.3 Å². The summed E-state index contributed by atoms with van der Waals surface area (Å²) in [6.45, 7) is 0. The fourth-order valence-electron chi connectivity index (χ4n) is 9.98. The second kappa shape index (κ2) is 8.67. The highest BCUT2D eigenvalue weighted by molar-refractivity contribution is 7.15. The third kappa shape index (κ3) is 3.62. The summed E-state index contributed by atoms with van der Waals surface area (Å²) in [6.07, 6.45) is 18.6. The van der Waals surface area contributed by atoms with Crippen LogP contribution in [0.2, 0.25) is 0 Å². The summed E-state index contributed by atoms with van der Waals surface area (Å²) in [5, 5.41) is 0. The maximum Gasteiger partial charge on any atom is 0.0345 e. The molecule has 0 N–H and O–H groups in total. The van der Waals surface area contributed by atoms with Gasteiger partial charge in [0.25, 0.3) is 0 Å². The van der Waals surface area contributed by atoms with E-state index in [-0.39, 0.29) is 16.2 Å². The fraction of sp³-hybridized carbons (Fsp3) is 0.316. The average molecular weight is 525 g/mol. The van der Waals surface area contributed by atoms with E-state index in [1.165, 1.54) is 55.4 Å². The van der Waals surface area contributed by atoms with Crippen LogP contribution in [-0.2, 0) is 16.2 Å². The van der Waals surface area contributed by atoms with Gasteiger partial charge in [-0.05, 0) is 95.9 Å². The fourth-order valence-corrected chi connectivity index (χ4v) is 11.2. The normalized spacial score (nSPS) is 34.4. The molecule has 0 amide bonds. The third-order valence-corrected chi connectivity index (χ3v) is 12.2. The van der Waals surface area contributed by atoms with Crippen molar-refractivity contribution in [1.29, 1.82) is 0 Å². The lowest BCUT2D eigenvalue weighted by molar-refractivity contribution is -0.125. The molecule has 4 fully saturated rings. The van der Waals surface area contributed by atoms with Gasteiger partial charge in [0.15, 0.2) is 0 Å². The Hall–Kier alpha value is -3.16. The van der Waals surface area contributed by atoms with Crippen LogP contribution in [0.4, 0.5) is 0 Å². The van der Waals surface area contributed by atoms with Gasteiger partial charge in [-0.1, -0.05) is 115 Å². The van der Waals surface area contributed by atoms with E-state index >= 15 is 0 Å². The zero-order valence-electron chi connectivity index (χ0n) is 22.6. The largest absolute Gasteiger partial charge is 0.140 e. The van der Waals surface area contributed by atoms with Crippen LogP contribution < -0.4 is 0 Å². The highest BCUT2D eigenvalue weighted by Crippen LogP contribution is 2.76. The summed E-state index contributed by atoms with van der Waals surface area (Å²) >= 11 is 2.08. The van der Waals surface area contributed by atoms with Gasteiger partial charge in [-0.2, -0.15) is 0 Å². The van der Waals surface area contributed by atoms with Gasteiger partial charge in [0.2, 0.25) is 0 Å². The molecule has 3 aromatic carbocycles. The lowest BCUT2D eigenvalue weighted by Gasteiger charge is -2.72. The standard InChI is InChI=1S/C38H36S/c1-5-13-29(14-6-1)33-21-22-34(39-33)38-26-35(30-15-7-2-8-16-30)23-36(27-38,31-17-9-3-10-18-31)25-37(24-35,28-38)32-19-11-4-12-20-32/h1-19,21-22,32H,20,23-28H2. The lowest BCUT2D eigenvalue weighted by atomic mass is 9.31. The Morgan fingerprint density at radius 2 is 1.10 bits per heavy atom. The molecule has 0 saturated heterocycles. The summed E-state index contributed by atoms with van der Waals surface area (Å²) in [5.41, 5.74) is 5.42. The van der Waals surface area contributed by atoms with Gasteiger partial charge in [-0.15, -0.1) is 11.3 Å². The van der Waals surface area contributed by atoms with Crippen molar-refractivity contribution in [2.75, 3.05) is 0 Å². The van der Waals surface area contributed by atoms with Crippen molar-refractivity contribution >= 4 is 11.3 Å². The predicted molar refractivity (Wildman–Crippen MR) is 164 cm³/mol. The minimum Gasteiger partial charge on any atom is -0.140 e. The third-order valence-electron chi connectivity index (χ3n) is 10.8. The molecule has 4 saturated carbocycles. The molecule has 0 radical (unpaired) electrons. The summed E-state index contributed by atoms with van der Waals surface area (Å²) in [4.78, 5) is 3.04. The number of hydrogen-bond acceptors (Lipinski definition) is 1. The van der Waals surface area contributed by atoms with Gasteiger partial charge in [0.05, 0.1) is 0 Å². The summed E-state index contributed by atoms with van der Waals surface area (Å²) in [7, 11) is 0. The smallest absolute Gasteiger partial charge is 0.0345 e. The number of thiophene rings is 1. The molecule has 3 unspecified atom stereocenters. The second-order valence-electron chi connectivity index (χ2n) is 13.2. The van der Waals surface area contributed by atoms with Crippen LogP contribution in [0.25, 0.3) is 10.4 Å². The molecule has 39 heavy (non-hydrogen) atoms. The molecule has 1 heteroatoms. The Kier molecular flexibility index (Phi) is 5.27. The number of benzene rings is 3. The van der Waals surface area contributed by atoms with Gasteiger partial charge in [0.1, 0.15) is 0 Å². The van der Waals surface area contributed by atoms with Gasteiger partial charge < -0.3 is 0 Å². The first-order valence-electron chi connectivity index (χ1n) is 14.7. The average Bonchev–Trinajstić information content (AvgIpc) is 3.50. The minimum absolute atomic E-state index is 0.202. The molecule has 194 valence electrons. The van der Waals surface area contributed by atoms with E-state index in [1.807, 2.05) is 0 Å². The van der Waals surface area contributed by atoms with E-state index in [9.17, 15) is 0 Å². The van der Waals surface area contributed by atoms with Crippen LogP contribution >= 0.6 is 11.3 Å². The second-order valence-corrected chi connectivity index (χ2v) is 14.3. The van der Waals surface area contributed by atoms with Crippen molar-refractivity contribution in [1.82, 2.24) is 0 Å². The molecular formula is C38H36S. The molecule has 5 aliphatic rings.